The van der Waals surface area contributed by atoms with Gasteiger partial charge in [0.05, 0.1) is 11.5 Å². The Balaban J connectivity index is 2.07. The molecule has 2 N–H and O–H groups in total. The number of nitrogens with one attached hydrogen (secondary N) is 1. The van der Waals surface area contributed by atoms with E-state index in [0.29, 0.717) is 16.1 Å². The zero-order valence-corrected chi connectivity index (χ0v) is 13.8. The van der Waals surface area contributed by atoms with Crippen LogP contribution in [-0.4, -0.2) is 17.6 Å². The average Bonchev–Trinajstić information content (AvgIpc) is 2.52. The SMILES string of the molecule is CC(C)(C(=O)NCC(O)c1ccccc1Cl)c1ccccc1F. The van der Waals surface area contributed by atoms with Crippen LogP contribution in [0.1, 0.15) is 31.1 Å². The molecule has 0 bridgehead atoms. The lowest BCUT2D eigenvalue weighted by Gasteiger charge is -2.25. The highest BCUT2D eigenvalue weighted by molar-refractivity contribution is 6.31. The zero-order valence-electron chi connectivity index (χ0n) is 13.0. The van der Waals surface area contributed by atoms with Gasteiger partial charge in [0.2, 0.25) is 5.91 Å². The summed E-state index contributed by atoms with van der Waals surface area (Å²) in [5, 5.41) is 13.3. The summed E-state index contributed by atoms with van der Waals surface area (Å²) in [6, 6.07) is 13.1. The number of carbonyl (C=O) groups is 1. The average molecular weight is 336 g/mol. The van der Waals surface area contributed by atoms with Gasteiger partial charge in [0, 0.05) is 22.7 Å². The molecule has 1 amide bonds. The highest BCUT2D eigenvalue weighted by atomic mass is 35.5. The molecule has 122 valence electrons. The van der Waals surface area contributed by atoms with Crippen molar-refractivity contribution in [3.63, 3.8) is 0 Å². The molecule has 0 aromatic heterocycles. The van der Waals surface area contributed by atoms with E-state index in [9.17, 15) is 14.3 Å². The molecule has 0 fully saturated rings. The van der Waals surface area contributed by atoms with Gasteiger partial charge in [-0.05, 0) is 26.0 Å². The van der Waals surface area contributed by atoms with Crippen molar-refractivity contribution in [2.45, 2.75) is 25.4 Å². The third-order valence-corrected chi connectivity index (χ3v) is 4.18. The van der Waals surface area contributed by atoms with Gasteiger partial charge in [-0.15, -0.1) is 0 Å². The Bertz CT molecular complexity index is 703. The lowest BCUT2D eigenvalue weighted by Crippen LogP contribution is -2.42. The van der Waals surface area contributed by atoms with Gasteiger partial charge in [-0.2, -0.15) is 0 Å². The van der Waals surface area contributed by atoms with Gasteiger partial charge in [-0.25, -0.2) is 4.39 Å². The number of carbonyl (C=O) groups excluding carboxylic acids is 1. The summed E-state index contributed by atoms with van der Waals surface area (Å²) in [5.74, 6) is -0.798. The van der Waals surface area contributed by atoms with Crippen molar-refractivity contribution >= 4 is 17.5 Å². The Morgan fingerprint density at radius 2 is 1.83 bits per heavy atom. The first-order valence-electron chi connectivity index (χ1n) is 7.30. The minimum Gasteiger partial charge on any atom is -0.387 e. The monoisotopic (exact) mass is 335 g/mol. The van der Waals surface area contributed by atoms with Crippen LogP contribution in [0.25, 0.3) is 0 Å². The minimum absolute atomic E-state index is 0.000446. The molecule has 0 radical (unpaired) electrons. The highest BCUT2D eigenvalue weighted by Gasteiger charge is 2.32. The van der Waals surface area contributed by atoms with Gasteiger partial charge in [-0.3, -0.25) is 4.79 Å². The second-order valence-electron chi connectivity index (χ2n) is 5.85. The Morgan fingerprint density at radius 1 is 1.22 bits per heavy atom. The number of benzene rings is 2. The third-order valence-electron chi connectivity index (χ3n) is 3.84. The van der Waals surface area contributed by atoms with Crippen molar-refractivity contribution in [2.75, 3.05) is 6.54 Å². The van der Waals surface area contributed by atoms with E-state index < -0.39 is 17.3 Å². The maximum atomic E-state index is 13.9. The molecular formula is C18H19ClFNO2. The first kappa shape index (κ1) is 17.4. The van der Waals surface area contributed by atoms with Gasteiger partial charge in [0.25, 0.3) is 0 Å². The molecular weight excluding hydrogens is 317 g/mol. The second kappa shape index (κ2) is 7.11. The molecule has 0 heterocycles. The van der Waals surface area contributed by atoms with Crippen LogP contribution in [0.2, 0.25) is 5.02 Å². The largest absolute Gasteiger partial charge is 0.387 e. The molecule has 3 nitrogen and oxygen atoms in total. The van der Waals surface area contributed by atoms with Crippen molar-refractivity contribution in [3.05, 3.63) is 70.5 Å². The summed E-state index contributed by atoms with van der Waals surface area (Å²) in [5.41, 5.74) is -0.200. The smallest absolute Gasteiger partial charge is 0.230 e. The molecule has 1 atom stereocenters. The highest BCUT2D eigenvalue weighted by Crippen LogP contribution is 2.26. The van der Waals surface area contributed by atoms with Crippen LogP contribution in [0.4, 0.5) is 4.39 Å². The summed E-state index contributed by atoms with van der Waals surface area (Å²) in [6.07, 6.45) is -0.927. The number of aliphatic hydroxyl groups excluding tert-OH is 1. The first-order chi connectivity index (χ1) is 10.8. The van der Waals surface area contributed by atoms with Gasteiger partial charge < -0.3 is 10.4 Å². The van der Waals surface area contributed by atoms with E-state index in [1.54, 1.807) is 56.3 Å². The predicted octanol–water partition coefficient (Wildman–Crippen LogP) is 3.61. The summed E-state index contributed by atoms with van der Waals surface area (Å²) in [6.45, 7) is 3.28. The number of halogens is 2. The van der Waals surface area contributed by atoms with Gasteiger partial charge in [0.1, 0.15) is 5.82 Å². The number of amides is 1. The van der Waals surface area contributed by atoms with Gasteiger partial charge in [-0.1, -0.05) is 48.0 Å². The fourth-order valence-corrected chi connectivity index (χ4v) is 2.62. The molecule has 0 spiro atoms. The number of hydrogen-bond acceptors (Lipinski definition) is 2. The Labute approximate surface area is 140 Å². The Kier molecular flexibility index (Phi) is 5.39. The maximum Gasteiger partial charge on any atom is 0.230 e. The van der Waals surface area contributed by atoms with E-state index in [-0.39, 0.29) is 12.5 Å². The first-order valence-corrected chi connectivity index (χ1v) is 7.67. The lowest BCUT2D eigenvalue weighted by molar-refractivity contribution is -0.126. The van der Waals surface area contributed by atoms with E-state index in [0.717, 1.165) is 0 Å². The minimum atomic E-state index is -1.05. The fourth-order valence-electron chi connectivity index (χ4n) is 2.36. The number of aliphatic hydroxyl groups is 1. The summed E-state index contributed by atoms with van der Waals surface area (Å²) >= 11 is 6.02. The lowest BCUT2D eigenvalue weighted by atomic mass is 9.83. The molecule has 0 saturated heterocycles. The van der Waals surface area contributed by atoms with E-state index in [1.165, 1.54) is 6.07 Å². The van der Waals surface area contributed by atoms with E-state index >= 15 is 0 Å². The van der Waals surface area contributed by atoms with Crippen molar-refractivity contribution in [1.29, 1.82) is 0 Å². The van der Waals surface area contributed by atoms with E-state index in [1.807, 2.05) is 0 Å². The molecule has 0 aliphatic rings. The van der Waals surface area contributed by atoms with Crippen molar-refractivity contribution in [2.24, 2.45) is 0 Å². The van der Waals surface area contributed by atoms with Gasteiger partial charge in [0.15, 0.2) is 0 Å². The van der Waals surface area contributed by atoms with Crippen LogP contribution in [0.15, 0.2) is 48.5 Å². The summed E-state index contributed by atoms with van der Waals surface area (Å²) in [4.78, 5) is 12.4. The van der Waals surface area contributed by atoms with Crippen LogP contribution in [0, 0.1) is 5.82 Å². The van der Waals surface area contributed by atoms with Crippen LogP contribution in [0.3, 0.4) is 0 Å². The molecule has 23 heavy (non-hydrogen) atoms. The third kappa shape index (κ3) is 3.89. The topological polar surface area (TPSA) is 49.3 Å². The van der Waals surface area contributed by atoms with Crippen molar-refractivity contribution in [1.82, 2.24) is 5.32 Å². The molecule has 2 aromatic carbocycles. The fraction of sp³-hybridized carbons (Fsp3) is 0.278. The molecule has 2 aromatic rings. The van der Waals surface area contributed by atoms with E-state index in [4.69, 9.17) is 11.6 Å². The maximum absolute atomic E-state index is 13.9. The number of hydrogen-bond donors (Lipinski definition) is 2. The molecule has 0 saturated carbocycles. The normalized spacial score (nSPS) is 12.7. The van der Waals surface area contributed by atoms with Crippen molar-refractivity contribution < 1.29 is 14.3 Å². The molecule has 0 aliphatic carbocycles. The van der Waals surface area contributed by atoms with E-state index in [2.05, 4.69) is 5.32 Å². The standard InChI is InChI=1S/C18H19ClFNO2/c1-18(2,13-8-4-6-10-15(13)20)17(23)21-11-16(22)12-7-3-5-9-14(12)19/h3-10,16,22H,11H2,1-2H3,(H,21,23). The van der Waals surface area contributed by atoms with Gasteiger partial charge >= 0.3 is 0 Å². The molecule has 1 unspecified atom stereocenters. The summed E-state index contributed by atoms with van der Waals surface area (Å²) < 4.78 is 13.9. The van der Waals surface area contributed by atoms with Crippen molar-refractivity contribution in [3.8, 4) is 0 Å². The predicted molar refractivity (Wildman–Crippen MR) is 88.8 cm³/mol. The Morgan fingerprint density at radius 3 is 2.48 bits per heavy atom. The second-order valence-corrected chi connectivity index (χ2v) is 6.26. The Hall–Kier alpha value is -1.91. The number of rotatable bonds is 5. The zero-order chi connectivity index (χ0) is 17.0. The summed E-state index contributed by atoms with van der Waals surface area (Å²) in [7, 11) is 0. The molecule has 0 aliphatic heterocycles. The van der Waals surface area contributed by atoms with Crippen LogP contribution >= 0.6 is 11.6 Å². The van der Waals surface area contributed by atoms with Crippen LogP contribution < -0.4 is 5.32 Å². The quantitative estimate of drug-likeness (QED) is 0.877. The molecule has 2 rings (SSSR count). The molecule has 5 heteroatoms. The van der Waals surface area contributed by atoms with Crippen LogP contribution in [-0.2, 0) is 10.2 Å². The van der Waals surface area contributed by atoms with Crippen LogP contribution in [0.5, 0.6) is 0 Å².